The molecule has 2 aromatic rings. The molecule has 0 saturated heterocycles. The van der Waals surface area contributed by atoms with E-state index in [4.69, 9.17) is 11.6 Å². The van der Waals surface area contributed by atoms with Crippen molar-refractivity contribution >= 4 is 28.7 Å². The van der Waals surface area contributed by atoms with Crippen molar-refractivity contribution in [1.82, 2.24) is 9.97 Å². The van der Waals surface area contributed by atoms with Gasteiger partial charge in [0, 0.05) is 22.8 Å². The van der Waals surface area contributed by atoms with Crippen LogP contribution in [0.5, 0.6) is 0 Å². The second-order valence-corrected chi connectivity index (χ2v) is 4.68. The molecule has 0 unspecified atom stereocenters. The lowest BCUT2D eigenvalue weighted by atomic mass is 10.1. The number of carbonyl (C=O) groups excluding carboxylic acids is 1. The summed E-state index contributed by atoms with van der Waals surface area (Å²) in [5.41, 5.74) is 1.52. The van der Waals surface area contributed by atoms with E-state index in [1.165, 1.54) is 17.5 Å². The van der Waals surface area contributed by atoms with Crippen molar-refractivity contribution in [2.24, 2.45) is 0 Å². The van der Waals surface area contributed by atoms with Crippen LogP contribution < -0.4 is 0 Å². The zero-order chi connectivity index (χ0) is 11.5. The number of ketones is 1. The maximum atomic E-state index is 11.9. The van der Waals surface area contributed by atoms with E-state index in [0.717, 1.165) is 10.7 Å². The highest BCUT2D eigenvalue weighted by atomic mass is 35.5. The fourth-order valence-corrected chi connectivity index (χ4v) is 2.24. The minimum absolute atomic E-state index is 0.0126. The van der Waals surface area contributed by atoms with Gasteiger partial charge in [0.2, 0.25) is 0 Å². The van der Waals surface area contributed by atoms with Crippen LogP contribution in [-0.2, 0) is 6.42 Å². The molecule has 5 heteroatoms. The largest absolute Gasteiger partial charge is 0.294 e. The van der Waals surface area contributed by atoms with Crippen molar-refractivity contribution in [3.63, 3.8) is 0 Å². The average molecular weight is 253 g/mol. The molecule has 0 aliphatic heterocycles. The van der Waals surface area contributed by atoms with Crippen LogP contribution in [0.3, 0.4) is 0 Å². The van der Waals surface area contributed by atoms with Gasteiger partial charge in [-0.1, -0.05) is 11.6 Å². The normalized spacial score (nSPS) is 10.4. The van der Waals surface area contributed by atoms with Crippen LogP contribution in [0.1, 0.15) is 21.1 Å². The summed E-state index contributed by atoms with van der Waals surface area (Å²) in [6.07, 6.45) is 1.85. The van der Waals surface area contributed by atoms with E-state index in [1.54, 1.807) is 12.1 Å². The van der Waals surface area contributed by atoms with Gasteiger partial charge >= 0.3 is 0 Å². The van der Waals surface area contributed by atoms with E-state index >= 15 is 0 Å². The number of hydrogen-bond acceptors (Lipinski definition) is 4. The summed E-state index contributed by atoms with van der Waals surface area (Å²) in [5.74, 6) is 0.0126. The zero-order valence-corrected chi connectivity index (χ0v) is 10.2. The molecule has 0 amide bonds. The predicted octanol–water partition coefficient (Wildman–Crippen LogP) is 2.93. The highest BCUT2D eigenvalue weighted by Crippen LogP contribution is 2.14. The molecule has 0 radical (unpaired) electrons. The van der Waals surface area contributed by atoms with Gasteiger partial charge in [-0.2, -0.15) is 0 Å². The number of aryl methyl sites for hydroxylation is 1. The molecule has 2 rings (SSSR count). The lowest BCUT2D eigenvalue weighted by molar-refractivity contribution is 0.0993. The van der Waals surface area contributed by atoms with Crippen LogP contribution in [0.15, 0.2) is 23.7 Å². The first-order valence-electron chi connectivity index (χ1n) is 4.71. The van der Waals surface area contributed by atoms with E-state index in [-0.39, 0.29) is 5.78 Å². The summed E-state index contributed by atoms with van der Waals surface area (Å²) in [5, 5.41) is 3.10. The van der Waals surface area contributed by atoms with E-state index in [2.05, 4.69) is 9.97 Å². The third-order valence-corrected chi connectivity index (χ3v) is 3.20. The molecule has 0 N–H and O–H groups in total. The van der Waals surface area contributed by atoms with Crippen LogP contribution in [0.2, 0.25) is 5.15 Å². The number of hydrogen-bond donors (Lipinski definition) is 0. The number of pyridine rings is 1. The van der Waals surface area contributed by atoms with Crippen LogP contribution in [0.4, 0.5) is 0 Å². The fourth-order valence-electron chi connectivity index (χ4n) is 1.30. The molecular formula is C11H9ClN2OS. The van der Waals surface area contributed by atoms with Crippen LogP contribution in [0.25, 0.3) is 0 Å². The Morgan fingerprint density at radius 2 is 2.38 bits per heavy atom. The van der Waals surface area contributed by atoms with Gasteiger partial charge in [-0.05, 0) is 19.1 Å². The van der Waals surface area contributed by atoms with E-state index in [0.29, 0.717) is 17.1 Å². The van der Waals surface area contributed by atoms with Crippen LogP contribution in [-0.4, -0.2) is 15.8 Å². The zero-order valence-electron chi connectivity index (χ0n) is 8.61. The molecule has 0 atom stereocenters. The van der Waals surface area contributed by atoms with Gasteiger partial charge in [-0.25, -0.2) is 9.97 Å². The minimum atomic E-state index is 0.0126. The summed E-state index contributed by atoms with van der Waals surface area (Å²) in [6, 6.07) is 3.24. The minimum Gasteiger partial charge on any atom is -0.294 e. The van der Waals surface area contributed by atoms with Gasteiger partial charge in [-0.15, -0.1) is 11.3 Å². The van der Waals surface area contributed by atoms with Gasteiger partial charge in [0.25, 0.3) is 0 Å². The average Bonchev–Trinajstić information content (AvgIpc) is 2.64. The number of Topliss-reactive ketones (excluding diaryl/α,β-unsaturated/α-hetero) is 1. The molecule has 2 heterocycles. The molecule has 0 aliphatic carbocycles. The first-order chi connectivity index (χ1) is 7.65. The van der Waals surface area contributed by atoms with Gasteiger partial charge in [0.05, 0.1) is 6.42 Å². The van der Waals surface area contributed by atoms with Crippen molar-refractivity contribution in [3.05, 3.63) is 45.1 Å². The summed E-state index contributed by atoms with van der Waals surface area (Å²) in [6.45, 7) is 1.91. The molecule has 0 aromatic carbocycles. The first kappa shape index (κ1) is 11.2. The van der Waals surface area contributed by atoms with Gasteiger partial charge in [0.1, 0.15) is 10.2 Å². The first-order valence-corrected chi connectivity index (χ1v) is 5.96. The monoisotopic (exact) mass is 252 g/mol. The molecule has 0 aliphatic rings. The Hall–Kier alpha value is -1.26. The molecule has 82 valence electrons. The molecule has 16 heavy (non-hydrogen) atoms. The summed E-state index contributed by atoms with van der Waals surface area (Å²) < 4.78 is 0. The maximum Gasteiger partial charge on any atom is 0.169 e. The number of thiazole rings is 1. The number of aromatic nitrogens is 2. The van der Waals surface area contributed by atoms with E-state index in [9.17, 15) is 4.79 Å². The van der Waals surface area contributed by atoms with Gasteiger partial charge in [0.15, 0.2) is 5.78 Å². The van der Waals surface area contributed by atoms with Crippen molar-refractivity contribution in [3.8, 4) is 0 Å². The molecule has 0 bridgehead atoms. The van der Waals surface area contributed by atoms with Gasteiger partial charge < -0.3 is 0 Å². The molecule has 2 aromatic heterocycles. The highest BCUT2D eigenvalue weighted by molar-refractivity contribution is 7.09. The summed E-state index contributed by atoms with van der Waals surface area (Å²) in [4.78, 5) is 19.9. The molecular weight excluding hydrogens is 244 g/mol. The second-order valence-electron chi connectivity index (χ2n) is 3.35. The Morgan fingerprint density at radius 1 is 1.56 bits per heavy atom. The summed E-state index contributed by atoms with van der Waals surface area (Å²) >= 11 is 7.22. The molecule has 0 fully saturated rings. The van der Waals surface area contributed by atoms with Crippen molar-refractivity contribution in [1.29, 1.82) is 0 Å². The third kappa shape index (κ3) is 2.65. The second kappa shape index (κ2) is 4.72. The summed E-state index contributed by atoms with van der Waals surface area (Å²) in [7, 11) is 0. The Labute approximate surface area is 102 Å². The maximum absolute atomic E-state index is 11.9. The van der Waals surface area contributed by atoms with Crippen molar-refractivity contribution in [2.45, 2.75) is 13.3 Å². The standard InChI is InChI=1S/C11H9ClN2OS/c1-7-6-16-11(14-7)5-9(15)8-2-3-13-10(12)4-8/h2-4,6H,5H2,1H3. The lowest BCUT2D eigenvalue weighted by Crippen LogP contribution is -2.03. The van der Waals surface area contributed by atoms with Crippen LogP contribution >= 0.6 is 22.9 Å². The Bertz CT molecular complexity index is 524. The van der Waals surface area contributed by atoms with E-state index < -0.39 is 0 Å². The van der Waals surface area contributed by atoms with Gasteiger partial charge in [-0.3, -0.25) is 4.79 Å². The highest BCUT2D eigenvalue weighted by Gasteiger charge is 2.10. The van der Waals surface area contributed by atoms with Crippen molar-refractivity contribution in [2.75, 3.05) is 0 Å². The number of nitrogens with zero attached hydrogens (tertiary/aromatic N) is 2. The Kier molecular flexibility index (Phi) is 3.31. The molecule has 0 spiro atoms. The quantitative estimate of drug-likeness (QED) is 0.623. The van der Waals surface area contributed by atoms with Crippen molar-refractivity contribution < 1.29 is 4.79 Å². The molecule has 3 nitrogen and oxygen atoms in total. The fraction of sp³-hybridized carbons (Fsp3) is 0.182. The predicted molar refractivity (Wildman–Crippen MR) is 64.1 cm³/mol. The SMILES string of the molecule is Cc1csc(CC(=O)c2ccnc(Cl)c2)n1. The smallest absolute Gasteiger partial charge is 0.169 e. The number of carbonyl (C=O) groups is 1. The molecule has 0 saturated carbocycles. The Morgan fingerprint density at radius 3 is 3.00 bits per heavy atom. The topological polar surface area (TPSA) is 42.9 Å². The Balaban J connectivity index is 2.14. The lowest BCUT2D eigenvalue weighted by Gasteiger charge is -1.98. The number of rotatable bonds is 3. The third-order valence-electron chi connectivity index (χ3n) is 2.03. The van der Waals surface area contributed by atoms with Crippen LogP contribution in [0, 0.1) is 6.92 Å². The van der Waals surface area contributed by atoms with E-state index in [1.807, 2.05) is 12.3 Å². The number of halogens is 1.